The largest absolute Gasteiger partial charge is 0.389 e. The molecule has 5 nitrogen and oxygen atoms in total. The minimum Gasteiger partial charge on any atom is -0.389 e. The average molecular weight is 405 g/mol. The van der Waals surface area contributed by atoms with E-state index in [0.29, 0.717) is 11.6 Å². The van der Waals surface area contributed by atoms with Crippen molar-refractivity contribution in [3.8, 4) is 0 Å². The Morgan fingerprint density at radius 3 is 2.96 bits per heavy atom. The van der Waals surface area contributed by atoms with Crippen LogP contribution in [0, 0.1) is 0 Å². The summed E-state index contributed by atoms with van der Waals surface area (Å²) in [6.07, 6.45) is 5.01. The van der Waals surface area contributed by atoms with Crippen molar-refractivity contribution in [1.29, 1.82) is 0 Å². The molecule has 2 heterocycles. The van der Waals surface area contributed by atoms with Crippen molar-refractivity contribution >= 4 is 33.2 Å². The number of aromatic nitrogens is 2. The van der Waals surface area contributed by atoms with E-state index in [4.69, 9.17) is 16.3 Å². The van der Waals surface area contributed by atoms with Crippen LogP contribution in [-0.2, 0) is 30.7 Å². The summed E-state index contributed by atoms with van der Waals surface area (Å²) in [6, 6.07) is 7.44. The van der Waals surface area contributed by atoms with E-state index in [1.807, 2.05) is 18.2 Å². The lowest BCUT2D eigenvalue weighted by molar-refractivity contribution is 0.0198. The Morgan fingerprint density at radius 1 is 1.30 bits per heavy atom. The number of aliphatic hydroxyl groups is 1. The molecule has 142 valence electrons. The first-order valence-electron chi connectivity index (χ1n) is 9.12. The van der Waals surface area contributed by atoms with Gasteiger partial charge in [-0.05, 0) is 42.9 Å². The first-order chi connectivity index (χ1) is 13.1. The maximum atomic E-state index is 12.9. The normalized spacial score (nSPS) is 15.0. The Bertz CT molecular complexity index is 1010. The topological polar surface area (TPSA) is 64.4 Å². The summed E-state index contributed by atoms with van der Waals surface area (Å²) in [4.78, 5) is 19.5. The van der Waals surface area contributed by atoms with Crippen LogP contribution in [0.25, 0.3) is 10.2 Å². The lowest BCUT2D eigenvalue weighted by Crippen LogP contribution is -2.29. The van der Waals surface area contributed by atoms with Crippen molar-refractivity contribution < 1.29 is 9.84 Å². The molecule has 3 aromatic rings. The van der Waals surface area contributed by atoms with Crippen molar-refractivity contribution in [2.75, 3.05) is 6.61 Å². The molecule has 0 aliphatic heterocycles. The molecule has 0 radical (unpaired) electrons. The van der Waals surface area contributed by atoms with Gasteiger partial charge in [0.25, 0.3) is 5.56 Å². The van der Waals surface area contributed by atoms with Gasteiger partial charge in [-0.2, -0.15) is 0 Å². The number of aryl methyl sites for hydroxylation is 2. The smallest absolute Gasteiger partial charge is 0.262 e. The molecule has 4 rings (SSSR count). The van der Waals surface area contributed by atoms with Crippen molar-refractivity contribution in [2.45, 2.75) is 44.9 Å². The van der Waals surface area contributed by atoms with Crippen LogP contribution in [0.2, 0.25) is 5.02 Å². The molecule has 2 aromatic heterocycles. The molecule has 1 aliphatic carbocycles. The van der Waals surface area contributed by atoms with Crippen molar-refractivity contribution in [3.05, 3.63) is 62.0 Å². The maximum Gasteiger partial charge on any atom is 0.262 e. The maximum absolute atomic E-state index is 12.9. The molecule has 7 heteroatoms. The van der Waals surface area contributed by atoms with Gasteiger partial charge in [0.2, 0.25) is 0 Å². The summed E-state index contributed by atoms with van der Waals surface area (Å²) in [6.45, 7) is 0.604. The van der Waals surface area contributed by atoms with Crippen molar-refractivity contribution in [1.82, 2.24) is 9.55 Å². The zero-order valence-corrected chi connectivity index (χ0v) is 16.4. The fourth-order valence-corrected chi connectivity index (χ4v) is 4.92. The predicted octanol–water partition coefficient (Wildman–Crippen LogP) is 3.57. The lowest BCUT2D eigenvalue weighted by Gasteiger charge is -2.14. The van der Waals surface area contributed by atoms with E-state index < -0.39 is 6.10 Å². The third-order valence-corrected chi connectivity index (χ3v) is 6.44. The Morgan fingerprint density at radius 2 is 2.11 bits per heavy atom. The van der Waals surface area contributed by atoms with E-state index in [1.54, 1.807) is 17.4 Å². The van der Waals surface area contributed by atoms with Gasteiger partial charge < -0.3 is 9.84 Å². The third kappa shape index (κ3) is 3.94. The number of fused-ring (bicyclic) bond motifs is 3. The molecule has 0 spiro atoms. The van der Waals surface area contributed by atoms with Gasteiger partial charge in [0.1, 0.15) is 4.83 Å². The quantitative estimate of drug-likeness (QED) is 0.682. The number of nitrogens with zero attached hydrogens (tertiary/aromatic N) is 2. The fraction of sp³-hybridized carbons (Fsp3) is 0.400. The number of halogens is 1. The van der Waals surface area contributed by atoms with Crippen LogP contribution in [0.4, 0.5) is 0 Å². The summed E-state index contributed by atoms with van der Waals surface area (Å²) in [5.74, 6) is 0. The van der Waals surface area contributed by atoms with Crippen LogP contribution in [0.3, 0.4) is 0 Å². The second-order valence-corrected chi connectivity index (χ2v) is 8.34. The predicted molar refractivity (Wildman–Crippen MR) is 108 cm³/mol. The van der Waals surface area contributed by atoms with Crippen LogP contribution in [0.15, 0.2) is 35.4 Å². The highest BCUT2D eigenvalue weighted by Crippen LogP contribution is 2.33. The molecule has 1 aliphatic rings. The molecular weight excluding hydrogens is 384 g/mol. The van der Waals surface area contributed by atoms with Gasteiger partial charge in [-0.1, -0.05) is 29.8 Å². The summed E-state index contributed by atoms with van der Waals surface area (Å²) < 4.78 is 7.06. The first kappa shape index (κ1) is 18.6. The molecule has 0 bridgehead atoms. The second-order valence-electron chi connectivity index (χ2n) is 6.85. The molecular formula is C20H21ClN2O3S. The Balaban J connectivity index is 1.44. The fourth-order valence-electron chi connectivity index (χ4n) is 3.51. The molecule has 0 fully saturated rings. The molecule has 0 saturated heterocycles. The SMILES string of the molecule is O=c1c2c3c(sc2ncn1C[C@H](O)COCc1ccccc1Cl)CCCC3. The van der Waals surface area contributed by atoms with E-state index in [9.17, 15) is 9.90 Å². The highest BCUT2D eigenvalue weighted by Gasteiger charge is 2.20. The minimum atomic E-state index is -0.793. The van der Waals surface area contributed by atoms with Crippen LogP contribution in [0.5, 0.6) is 0 Å². The van der Waals surface area contributed by atoms with Gasteiger partial charge in [0.05, 0.1) is 37.6 Å². The Kier molecular flexibility index (Phi) is 5.59. The number of aliphatic hydroxyl groups excluding tert-OH is 1. The average Bonchev–Trinajstić information content (AvgIpc) is 3.05. The van der Waals surface area contributed by atoms with Gasteiger partial charge in [-0.25, -0.2) is 4.98 Å². The summed E-state index contributed by atoms with van der Waals surface area (Å²) in [5.41, 5.74) is 1.97. The molecule has 1 N–H and O–H groups in total. The van der Waals surface area contributed by atoms with Crippen LogP contribution >= 0.6 is 22.9 Å². The monoisotopic (exact) mass is 404 g/mol. The molecule has 1 aromatic carbocycles. The molecule has 27 heavy (non-hydrogen) atoms. The number of hydrogen-bond donors (Lipinski definition) is 1. The van der Waals surface area contributed by atoms with Crippen LogP contribution < -0.4 is 5.56 Å². The second kappa shape index (κ2) is 8.10. The highest BCUT2D eigenvalue weighted by molar-refractivity contribution is 7.18. The molecule has 0 unspecified atom stereocenters. The zero-order chi connectivity index (χ0) is 18.8. The number of ether oxygens (including phenoxy) is 1. The summed E-state index contributed by atoms with van der Waals surface area (Å²) in [7, 11) is 0. The van der Waals surface area contributed by atoms with Gasteiger partial charge in [-0.3, -0.25) is 9.36 Å². The third-order valence-electron chi connectivity index (χ3n) is 4.87. The standard InChI is InChI=1S/C20H21ClN2O3S/c21-16-7-3-1-5-13(16)10-26-11-14(24)9-23-12-22-19-18(20(23)25)15-6-2-4-8-17(15)27-19/h1,3,5,7,12,14,24H,2,4,6,8-11H2/t14-/m0/s1. The molecule has 1 atom stereocenters. The van der Waals surface area contributed by atoms with Crippen molar-refractivity contribution in [2.24, 2.45) is 0 Å². The Labute approximate surface area is 166 Å². The van der Waals surface area contributed by atoms with Crippen molar-refractivity contribution in [3.63, 3.8) is 0 Å². The minimum absolute atomic E-state index is 0.0652. The van der Waals surface area contributed by atoms with E-state index in [0.717, 1.165) is 40.6 Å². The number of rotatable bonds is 6. The number of thiophene rings is 1. The molecule has 0 amide bonds. The highest BCUT2D eigenvalue weighted by atomic mass is 35.5. The van der Waals surface area contributed by atoms with E-state index in [-0.39, 0.29) is 18.7 Å². The van der Waals surface area contributed by atoms with E-state index in [2.05, 4.69) is 4.98 Å². The van der Waals surface area contributed by atoms with E-state index in [1.165, 1.54) is 22.2 Å². The van der Waals surface area contributed by atoms with Gasteiger partial charge >= 0.3 is 0 Å². The van der Waals surface area contributed by atoms with Gasteiger partial charge in [0, 0.05) is 9.90 Å². The first-order valence-corrected chi connectivity index (χ1v) is 10.3. The van der Waals surface area contributed by atoms with Gasteiger partial charge in [-0.15, -0.1) is 11.3 Å². The Hall–Kier alpha value is -1.73. The van der Waals surface area contributed by atoms with Gasteiger partial charge in [0.15, 0.2) is 0 Å². The zero-order valence-electron chi connectivity index (χ0n) is 14.9. The number of benzene rings is 1. The lowest BCUT2D eigenvalue weighted by atomic mass is 9.97. The molecule has 0 saturated carbocycles. The van der Waals surface area contributed by atoms with E-state index >= 15 is 0 Å². The van der Waals surface area contributed by atoms with Crippen LogP contribution in [-0.4, -0.2) is 27.4 Å². The van der Waals surface area contributed by atoms with Crippen LogP contribution in [0.1, 0.15) is 28.8 Å². The summed E-state index contributed by atoms with van der Waals surface area (Å²) in [5, 5.41) is 11.7. The summed E-state index contributed by atoms with van der Waals surface area (Å²) >= 11 is 7.73. The number of hydrogen-bond acceptors (Lipinski definition) is 5.